The van der Waals surface area contributed by atoms with E-state index >= 15 is 0 Å². The van der Waals surface area contributed by atoms with E-state index in [4.69, 9.17) is 4.74 Å². The minimum absolute atomic E-state index is 0.0823. The Labute approximate surface area is 133 Å². The van der Waals surface area contributed by atoms with Crippen LogP contribution in [0.1, 0.15) is 44.2 Å². The average Bonchev–Trinajstić information content (AvgIpc) is 2.58. The summed E-state index contributed by atoms with van der Waals surface area (Å²) in [7, 11) is 0. The van der Waals surface area contributed by atoms with Crippen LogP contribution >= 0.6 is 0 Å². The maximum atomic E-state index is 9.59. The van der Waals surface area contributed by atoms with Gasteiger partial charge in [-0.15, -0.1) is 0 Å². The lowest BCUT2D eigenvalue weighted by atomic mass is 9.92. The van der Waals surface area contributed by atoms with Gasteiger partial charge in [0, 0.05) is 30.9 Å². The predicted octanol–water partition coefficient (Wildman–Crippen LogP) is 2.48. The summed E-state index contributed by atoms with van der Waals surface area (Å²) >= 11 is 0. The van der Waals surface area contributed by atoms with Crippen molar-refractivity contribution in [2.75, 3.05) is 31.2 Å². The summed E-state index contributed by atoms with van der Waals surface area (Å²) in [4.78, 5) is 2.38. The summed E-state index contributed by atoms with van der Waals surface area (Å²) in [5, 5.41) is 13.3. The minimum Gasteiger partial charge on any atom is -0.393 e. The Bertz CT molecular complexity index is 449. The van der Waals surface area contributed by atoms with Crippen molar-refractivity contribution in [3.05, 3.63) is 29.8 Å². The van der Waals surface area contributed by atoms with E-state index in [-0.39, 0.29) is 6.10 Å². The highest BCUT2D eigenvalue weighted by Gasteiger charge is 2.21. The number of nitrogens with one attached hydrogen (secondary N) is 1. The van der Waals surface area contributed by atoms with Crippen LogP contribution in [0.4, 0.5) is 5.69 Å². The van der Waals surface area contributed by atoms with Gasteiger partial charge >= 0.3 is 0 Å². The van der Waals surface area contributed by atoms with Crippen LogP contribution in [0, 0.1) is 0 Å². The number of rotatable bonds is 4. The van der Waals surface area contributed by atoms with Gasteiger partial charge in [0.05, 0.1) is 19.3 Å². The first-order valence-electron chi connectivity index (χ1n) is 8.59. The van der Waals surface area contributed by atoms with Crippen molar-refractivity contribution in [2.45, 2.75) is 50.8 Å². The lowest BCUT2D eigenvalue weighted by Crippen LogP contribution is -2.36. The standard InChI is InChI=1S/C18H28N2O2/c1-14(19-16-4-8-18(21)9-5-16)15-2-6-17(7-3-15)20-10-12-22-13-11-20/h2-3,6-7,14,16,18-19,21H,4-5,8-13H2,1H3. The molecule has 1 aliphatic carbocycles. The van der Waals surface area contributed by atoms with Crippen LogP contribution in [0.5, 0.6) is 0 Å². The Balaban J connectivity index is 1.55. The Morgan fingerprint density at radius 3 is 2.36 bits per heavy atom. The van der Waals surface area contributed by atoms with E-state index in [0.717, 1.165) is 52.0 Å². The summed E-state index contributed by atoms with van der Waals surface area (Å²) in [6.45, 7) is 5.85. The molecule has 1 aromatic carbocycles. The number of morpholine rings is 1. The third kappa shape index (κ3) is 4.00. The van der Waals surface area contributed by atoms with Crippen molar-refractivity contribution in [3.63, 3.8) is 0 Å². The molecule has 0 aromatic heterocycles. The van der Waals surface area contributed by atoms with E-state index in [9.17, 15) is 5.11 Å². The molecule has 0 radical (unpaired) electrons. The lowest BCUT2D eigenvalue weighted by Gasteiger charge is -2.30. The first-order chi connectivity index (χ1) is 10.7. The van der Waals surface area contributed by atoms with Gasteiger partial charge in [0.1, 0.15) is 0 Å². The Kier molecular flexibility index (Phi) is 5.34. The third-order valence-corrected chi connectivity index (χ3v) is 4.95. The maximum absolute atomic E-state index is 9.59. The van der Waals surface area contributed by atoms with Crippen LogP contribution in [0.2, 0.25) is 0 Å². The maximum Gasteiger partial charge on any atom is 0.0642 e. The normalized spacial score (nSPS) is 27.6. The molecule has 122 valence electrons. The quantitative estimate of drug-likeness (QED) is 0.897. The number of hydrogen-bond donors (Lipinski definition) is 2. The molecule has 1 heterocycles. The van der Waals surface area contributed by atoms with E-state index in [1.54, 1.807) is 0 Å². The fourth-order valence-electron chi connectivity index (χ4n) is 3.49. The van der Waals surface area contributed by atoms with E-state index < -0.39 is 0 Å². The molecular weight excluding hydrogens is 276 g/mol. The lowest BCUT2D eigenvalue weighted by molar-refractivity contribution is 0.114. The summed E-state index contributed by atoms with van der Waals surface area (Å²) < 4.78 is 5.41. The molecule has 4 heteroatoms. The number of nitrogens with zero attached hydrogens (tertiary/aromatic N) is 1. The molecule has 0 bridgehead atoms. The number of aliphatic hydroxyl groups excluding tert-OH is 1. The zero-order valence-electron chi connectivity index (χ0n) is 13.5. The van der Waals surface area contributed by atoms with E-state index in [2.05, 4.69) is 41.4 Å². The van der Waals surface area contributed by atoms with E-state index in [1.807, 2.05) is 0 Å². The molecule has 2 fully saturated rings. The second-order valence-electron chi connectivity index (χ2n) is 6.58. The molecule has 0 spiro atoms. The fraction of sp³-hybridized carbons (Fsp3) is 0.667. The minimum atomic E-state index is -0.0823. The highest BCUT2D eigenvalue weighted by Crippen LogP contribution is 2.24. The van der Waals surface area contributed by atoms with Crippen LogP contribution in [0.25, 0.3) is 0 Å². The molecule has 1 saturated heterocycles. The van der Waals surface area contributed by atoms with Crippen LogP contribution < -0.4 is 10.2 Å². The smallest absolute Gasteiger partial charge is 0.0642 e. The van der Waals surface area contributed by atoms with Gasteiger partial charge < -0.3 is 20.1 Å². The van der Waals surface area contributed by atoms with Crippen molar-refractivity contribution in [1.29, 1.82) is 0 Å². The molecule has 1 saturated carbocycles. The number of ether oxygens (including phenoxy) is 1. The van der Waals surface area contributed by atoms with Crippen molar-refractivity contribution in [2.24, 2.45) is 0 Å². The van der Waals surface area contributed by atoms with E-state index in [1.165, 1.54) is 11.3 Å². The van der Waals surface area contributed by atoms with Gasteiger partial charge in [-0.05, 0) is 50.3 Å². The molecule has 2 aliphatic rings. The van der Waals surface area contributed by atoms with Crippen LogP contribution in [-0.4, -0.2) is 43.6 Å². The van der Waals surface area contributed by atoms with Crippen molar-refractivity contribution >= 4 is 5.69 Å². The van der Waals surface area contributed by atoms with Gasteiger partial charge in [0.25, 0.3) is 0 Å². The monoisotopic (exact) mass is 304 g/mol. The number of hydrogen-bond acceptors (Lipinski definition) is 4. The molecule has 1 atom stereocenters. The molecule has 4 nitrogen and oxygen atoms in total. The fourth-order valence-corrected chi connectivity index (χ4v) is 3.49. The van der Waals surface area contributed by atoms with Crippen LogP contribution in [0.3, 0.4) is 0 Å². The average molecular weight is 304 g/mol. The zero-order chi connectivity index (χ0) is 15.4. The largest absolute Gasteiger partial charge is 0.393 e. The first-order valence-corrected chi connectivity index (χ1v) is 8.59. The SMILES string of the molecule is CC(NC1CCC(O)CC1)c1ccc(N2CCOCC2)cc1. The summed E-state index contributed by atoms with van der Waals surface area (Å²) in [5.74, 6) is 0. The second kappa shape index (κ2) is 7.44. The third-order valence-electron chi connectivity index (χ3n) is 4.95. The molecular formula is C18H28N2O2. The highest BCUT2D eigenvalue weighted by molar-refractivity contribution is 5.48. The molecule has 3 rings (SSSR count). The van der Waals surface area contributed by atoms with E-state index in [0.29, 0.717) is 12.1 Å². The molecule has 1 aliphatic heterocycles. The van der Waals surface area contributed by atoms with Crippen molar-refractivity contribution in [1.82, 2.24) is 5.32 Å². The van der Waals surface area contributed by atoms with Gasteiger partial charge in [-0.2, -0.15) is 0 Å². The molecule has 1 unspecified atom stereocenters. The van der Waals surface area contributed by atoms with Gasteiger partial charge in [0.15, 0.2) is 0 Å². The number of aliphatic hydroxyl groups is 1. The van der Waals surface area contributed by atoms with Crippen molar-refractivity contribution < 1.29 is 9.84 Å². The Hall–Kier alpha value is -1.10. The van der Waals surface area contributed by atoms with Crippen LogP contribution in [0.15, 0.2) is 24.3 Å². The summed E-state index contributed by atoms with van der Waals surface area (Å²) in [6, 6.07) is 9.82. The van der Waals surface area contributed by atoms with Crippen molar-refractivity contribution in [3.8, 4) is 0 Å². The Morgan fingerprint density at radius 2 is 1.73 bits per heavy atom. The first kappa shape index (κ1) is 15.8. The molecule has 0 amide bonds. The van der Waals surface area contributed by atoms with Gasteiger partial charge in [-0.1, -0.05) is 12.1 Å². The summed E-state index contributed by atoms with van der Waals surface area (Å²) in [5.41, 5.74) is 2.63. The molecule has 22 heavy (non-hydrogen) atoms. The molecule has 2 N–H and O–H groups in total. The second-order valence-corrected chi connectivity index (χ2v) is 6.58. The molecule has 1 aromatic rings. The topological polar surface area (TPSA) is 44.7 Å². The summed E-state index contributed by atoms with van der Waals surface area (Å²) in [6.07, 6.45) is 3.94. The number of anilines is 1. The van der Waals surface area contributed by atoms with Gasteiger partial charge in [0.2, 0.25) is 0 Å². The van der Waals surface area contributed by atoms with Crippen LogP contribution in [-0.2, 0) is 4.74 Å². The zero-order valence-corrected chi connectivity index (χ0v) is 13.5. The Morgan fingerprint density at radius 1 is 1.09 bits per heavy atom. The van der Waals surface area contributed by atoms with Gasteiger partial charge in [-0.3, -0.25) is 0 Å². The van der Waals surface area contributed by atoms with Gasteiger partial charge in [-0.25, -0.2) is 0 Å². The predicted molar refractivity (Wildman–Crippen MR) is 89.3 cm³/mol. The number of benzene rings is 1. The highest BCUT2D eigenvalue weighted by atomic mass is 16.5.